The molecule has 7 heteroatoms. The summed E-state index contributed by atoms with van der Waals surface area (Å²) in [5, 5.41) is 4.01. The van der Waals surface area contributed by atoms with Crippen LogP contribution in [0, 0.1) is 11.3 Å². The normalized spacial score (nSPS) is 20.6. The number of methoxy groups -OCH3 is 1. The summed E-state index contributed by atoms with van der Waals surface area (Å²) in [5.41, 5.74) is 2.03. The summed E-state index contributed by atoms with van der Waals surface area (Å²) in [6.07, 6.45) is 6.75. The number of amides is 2. The summed E-state index contributed by atoms with van der Waals surface area (Å²) in [4.78, 5) is 30.7. The first kappa shape index (κ1) is 26.1. The van der Waals surface area contributed by atoms with Gasteiger partial charge in [0.2, 0.25) is 11.8 Å². The number of carbonyl (C=O) groups excluding carboxylic acids is 2. The van der Waals surface area contributed by atoms with E-state index < -0.39 is 0 Å². The minimum Gasteiger partial charge on any atom is -0.497 e. The number of rotatable bonds is 9. The van der Waals surface area contributed by atoms with E-state index in [-0.39, 0.29) is 23.3 Å². The van der Waals surface area contributed by atoms with Crippen LogP contribution in [0.1, 0.15) is 62.1 Å². The molecule has 3 aliphatic rings. The highest BCUT2D eigenvalue weighted by molar-refractivity contribution is 6.30. The molecular formula is C30H38ClN3O3. The smallest absolute Gasteiger partial charge is 0.229 e. The Labute approximate surface area is 225 Å². The third-order valence-corrected chi connectivity index (χ3v) is 9.00. The zero-order valence-electron chi connectivity index (χ0n) is 21.8. The van der Waals surface area contributed by atoms with Crippen LogP contribution in [0.25, 0.3) is 0 Å². The van der Waals surface area contributed by atoms with Gasteiger partial charge < -0.3 is 19.9 Å². The Morgan fingerprint density at radius 3 is 2.35 bits per heavy atom. The van der Waals surface area contributed by atoms with Gasteiger partial charge in [-0.3, -0.25) is 9.59 Å². The van der Waals surface area contributed by atoms with Gasteiger partial charge >= 0.3 is 0 Å². The van der Waals surface area contributed by atoms with E-state index in [4.69, 9.17) is 16.3 Å². The van der Waals surface area contributed by atoms with Crippen LogP contribution >= 0.6 is 11.6 Å². The molecule has 2 saturated heterocycles. The van der Waals surface area contributed by atoms with Crippen LogP contribution in [0.5, 0.6) is 5.75 Å². The number of carbonyl (C=O) groups is 2. The number of hydrogen-bond donors (Lipinski definition) is 1. The van der Waals surface area contributed by atoms with E-state index in [2.05, 4.69) is 10.2 Å². The summed E-state index contributed by atoms with van der Waals surface area (Å²) < 4.78 is 5.25. The van der Waals surface area contributed by atoms with Crippen LogP contribution in [0.15, 0.2) is 48.5 Å². The van der Waals surface area contributed by atoms with Crippen LogP contribution in [0.2, 0.25) is 5.02 Å². The molecule has 5 rings (SSSR count). The lowest BCUT2D eigenvalue weighted by Gasteiger charge is -2.38. The van der Waals surface area contributed by atoms with Crippen molar-refractivity contribution in [2.75, 3.05) is 33.3 Å². The van der Waals surface area contributed by atoms with Crippen molar-refractivity contribution < 1.29 is 14.3 Å². The Bertz CT molecular complexity index is 1080. The minimum absolute atomic E-state index is 0.0191. The number of nitrogens with one attached hydrogen (secondary N) is 1. The number of ether oxygens (including phenoxy) is 1. The molecular weight excluding hydrogens is 486 g/mol. The molecule has 37 heavy (non-hydrogen) atoms. The SMILES string of the molecule is COc1ccc(CN2CCC3(CCN(CCC(NC(=O)C4CCC4)c4ccc(Cl)cc4)CC3)C2=O)cc1. The molecule has 6 nitrogen and oxygen atoms in total. The van der Waals surface area contributed by atoms with Crippen molar-refractivity contribution in [1.29, 1.82) is 0 Å². The molecule has 2 aromatic carbocycles. The quantitative estimate of drug-likeness (QED) is 0.490. The lowest BCUT2D eigenvalue weighted by Crippen LogP contribution is -2.45. The molecule has 2 aliphatic heterocycles. The van der Waals surface area contributed by atoms with Crippen molar-refractivity contribution in [2.24, 2.45) is 11.3 Å². The second-order valence-corrected chi connectivity index (χ2v) is 11.4. The third-order valence-electron chi connectivity index (χ3n) is 8.75. The van der Waals surface area contributed by atoms with Crippen molar-refractivity contribution in [3.05, 3.63) is 64.7 Å². The summed E-state index contributed by atoms with van der Waals surface area (Å²) in [6.45, 7) is 4.24. The van der Waals surface area contributed by atoms with Gasteiger partial charge in [-0.05, 0) is 87.0 Å². The van der Waals surface area contributed by atoms with E-state index in [0.717, 1.165) is 88.0 Å². The average molecular weight is 524 g/mol. The van der Waals surface area contributed by atoms with Crippen LogP contribution in [0.4, 0.5) is 0 Å². The first-order valence-electron chi connectivity index (χ1n) is 13.7. The Kier molecular flexibility index (Phi) is 8.06. The van der Waals surface area contributed by atoms with E-state index in [1.807, 2.05) is 53.4 Å². The number of benzene rings is 2. The number of piperidine rings is 1. The fourth-order valence-electron chi connectivity index (χ4n) is 5.95. The van der Waals surface area contributed by atoms with Gasteiger partial charge in [-0.15, -0.1) is 0 Å². The predicted molar refractivity (Wildman–Crippen MR) is 145 cm³/mol. The number of halogens is 1. The van der Waals surface area contributed by atoms with Crippen molar-refractivity contribution in [1.82, 2.24) is 15.1 Å². The molecule has 3 fully saturated rings. The fraction of sp³-hybridized carbons (Fsp3) is 0.533. The van der Waals surface area contributed by atoms with Gasteiger partial charge in [0, 0.05) is 30.6 Å². The number of nitrogens with zero attached hydrogens (tertiary/aromatic N) is 2. The lowest BCUT2D eigenvalue weighted by molar-refractivity contribution is -0.139. The Morgan fingerprint density at radius 1 is 1.05 bits per heavy atom. The first-order valence-corrected chi connectivity index (χ1v) is 14.0. The molecule has 2 heterocycles. The Balaban J connectivity index is 1.14. The average Bonchev–Trinajstić information content (AvgIpc) is 3.17. The molecule has 0 bridgehead atoms. The zero-order chi connectivity index (χ0) is 25.8. The molecule has 0 aromatic heterocycles. The Hall–Kier alpha value is -2.57. The van der Waals surface area contributed by atoms with Gasteiger partial charge in [0.1, 0.15) is 5.75 Å². The van der Waals surface area contributed by atoms with E-state index in [0.29, 0.717) is 17.5 Å². The molecule has 198 valence electrons. The van der Waals surface area contributed by atoms with E-state index in [1.54, 1.807) is 7.11 Å². The highest BCUT2D eigenvalue weighted by atomic mass is 35.5. The minimum atomic E-state index is -0.211. The number of likely N-dealkylation sites (tertiary alicyclic amines) is 2. The van der Waals surface area contributed by atoms with Gasteiger partial charge in [-0.2, -0.15) is 0 Å². The van der Waals surface area contributed by atoms with Gasteiger partial charge in [-0.25, -0.2) is 0 Å². The maximum absolute atomic E-state index is 13.4. The topological polar surface area (TPSA) is 61.9 Å². The summed E-state index contributed by atoms with van der Waals surface area (Å²) in [5.74, 6) is 1.49. The summed E-state index contributed by atoms with van der Waals surface area (Å²) in [6, 6.07) is 15.8. The fourth-order valence-corrected chi connectivity index (χ4v) is 6.08. The highest BCUT2D eigenvalue weighted by Gasteiger charge is 2.47. The van der Waals surface area contributed by atoms with Crippen LogP contribution in [-0.2, 0) is 16.1 Å². The standard InChI is InChI=1S/C30H38ClN3O3/c1-37-26-11-5-22(6-12-26)21-34-20-16-30(29(34)36)14-18-33(19-15-30)17-13-27(23-7-9-25(31)10-8-23)32-28(35)24-3-2-4-24/h5-12,24,27H,2-4,13-21H2,1H3,(H,32,35). The van der Waals surface area contributed by atoms with Crippen molar-refractivity contribution in [2.45, 2.75) is 57.5 Å². The van der Waals surface area contributed by atoms with Crippen molar-refractivity contribution in [3.8, 4) is 5.75 Å². The van der Waals surface area contributed by atoms with Crippen LogP contribution in [0.3, 0.4) is 0 Å². The van der Waals surface area contributed by atoms with Crippen LogP contribution < -0.4 is 10.1 Å². The lowest BCUT2D eigenvalue weighted by atomic mass is 9.77. The molecule has 1 unspecified atom stereocenters. The van der Waals surface area contributed by atoms with E-state index in [1.165, 1.54) is 0 Å². The molecule has 2 amide bonds. The summed E-state index contributed by atoms with van der Waals surface area (Å²) >= 11 is 6.11. The first-order chi connectivity index (χ1) is 18.0. The second-order valence-electron chi connectivity index (χ2n) is 11.0. The molecule has 1 N–H and O–H groups in total. The number of hydrogen-bond acceptors (Lipinski definition) is 4. The van der Waals surface area contributed by atoms with E-state index >= 15 is 0 Å². The van der Waals surface area contributed by atoms with Gasteiger partial charge in [0.05, 0.1) is 18.6 Å². The molecule has 0 radical (unpaired) electrons. The maximum atomic E-state index is 13.4. The maximum Gasteiger partial charge on any atom is 0.229 e. The molecule has 1 atom stereocenters. The van der Waals surface area contributed by atoms with Gasteiger partial charge in [0.15, 0.2) is 0 Å². The molecule has 1 saturated carbocycles. The second kappa shape index (κ2) is 11.4. The highest BCUT2D eigenvalue weighted by Crippen LogP contribution is 2.42. The monoisotopic (exact) mass is 523 g/mol. The van der Waals surface area contributed by atoms with Gasteiger partial charge in [0.25, 0.3) is 0 Å². The predicted octanol–water partition coefficient (Wildman–Crippen LogP) is 5.21. The van der Waals surface area contributed by atoms with Crippen molar-refractivity contribution >= 4 is 23.4 Å². The van der Waals surface area contributed by atoms with Gasteiger partial charge in [-0.1, -0.05) is 42.3 Å². The summed E-state index contributed by atoms with van der Waals surface area (Å²) in [7, 11) is 1.67. The zero-order valence-corrected chi connectivity index (χ0v) is 22.5. The molecule has 2 aromatic rings. The third kappa shape index (κ3) is 5.96. The van der Waals surface area contributed by atoms with E-state index in [9.17, 15) is 9.59 Å². The van der Waals surface area contributed by atoms with Crippen LogP contribution in [-0.4, -0.2) is 54.9 Å². The molecule has 1 spiro atoms. The largest absolute Gasteiger partial charge is 0.497 e. The van der Waals surface area contributed by atoms with Crippen molar-refractivity contribution in [3.63, 3.8) is 0 Å². The molecule has 1 aliphatic carbocycles. The Morgan fingerprint density at radius 2 is 1.73 bits per heavy atom.